The van der Waals surface area contributed by atoms with Gasteiger partial charge in [0.1, 0.15) is 5.75 Å². The lowest BCUT2D eigenvalue weighted by atomic mass is 10.1. The zero-order valence-corrected chi connectivity index (χ0v) is 17.3. The standard InChI is InChI=1S/C22H22N4O5/c1-14(23-24-21(28)15-7-5-4-6-8-15)20-18(13-19(27)31-3)25-26(22(20)29)16-9-11-17(30-2)12-10-16/h4-12,25H,13H2,1-3H3,(H,24,28). The Morgan fingerprint density at radius 3 is 2.35 bits per heavy atom. The first-order valence-corrected chi connectivity index (χ1v) is 9.39. The van der Waals surface area contributed by atoms with Crippen LogP contribution in [0, 0.1) is 0 Å². The van der Waals surface area contributed by atoms with Crippen molar-refractivity contribution in [2.45, 2.75) is 13.3 Å². The van der Waals surface area contributed by atoms with Gasteiger partial charge in [-0.25, -0.2) is 10.1 Å². The fraction of sp³-hybridized carbons (Fsp3) is 0.182. The van der Waals surface area contributed by atoms with Gasteiger partial charge in [0, 0.05) is 5.56 Å². The van der Waals surface area contributed by atoms with Crippen molar-refractivity contribution >= 4 is 17.6 Å². The number of amides is 1. The SMILES string of the molecule is COC(=O)Cc1[nH]n(-c2ccc(OC)cc2)c(=O)c1C(C)=NNC(=O)c1ccccc1. The van der Waals surface area contributed by atoms with E-state index in [1.54, 1.807) is 68.6 Å². The topological polar surface area (TPSA) is 115 Å². The number of aromatic nitrogens is 2. The third-order valence-electron chi connectivity index (χ3n) is 4.57. The molecule has 1 amide bonds. The van der Waals surface area contributed by atoms with Gasteiger partial charge in [-0.1, -0.05) is 18.2 Å². The summed E-state index contributed by atoms with van der Waals surface area (Å²) in [7, 11) is 2.81. The number of ether oxygens (including phenoxy) is 2. The number of aromatic amines is 1. The highest BCUT2D eigenvalue weighted by Gasteiger charge is 2.21. The predicted octanol–water partition coefficient (Wildman–Crippen LogP) is 2.04. The van der Waals surface area contributed by atoms with Gasteiger partial charge in [0.25, 0.3) is 11.5 Å². The zero-order chi connectivity index (χ0) is 22.4. The molecule has 0 aliphatic carbocycles. The van der Waals surface area contributed by atoms with E-state index >= 15 is 0 Å². The molecule has 160 valence electrons. The fourth-order valence-electron chi connectivity index (χ4n) is 2.96. The number of hydrazone groups is 1. The molecule has 0 aliphatic rings. The Morgan fingerprint density at radius 1 is 1.06 bits per heavy atom. The quantitative estimate of drug-likeness (QED) is 0.344. The molecule has 0 saturated carbocycles. The minimum absolute atomic E-state index is 0.163. The highest BCUT2D eigenvalue weighted by atomic mass is 16.5. The van der Waals surface area contributed by atoms with Crippen LogP contribution in [0.2, 0.25) is 0 Å². The van der Waals surface area contributed by atoms with E-state index in [9.17, 15) is 14.4 Å². The maximum atomic E-state index is 13.1. The van der Waals surface area contributed by atoms with Gasteiger partial charge < -0.3 is 9.47 Å². The van der Waals surface area contributed by atoms with Crippen LogP contribution in [0.3, 0.4) is 0 Å². The van der Waals surface area contributed by atoms with Crippen molar-refractivity contribution in [1.29, 1.82) is 0 Å². The molecule has 0 aliphatic heterocycles. The third kappa shape index (κ3) is 4.89. The molecule has 0 radical (unpaired) electrons. The Bertz CT molecular complexity index is 1160. The molecule has 9 nitrogen and oxygen atoms in total. The van der Waals surface area contributed by atoms with Crippen LogP contribution < -0.4 is 15.7 Å². The van der Waals surface area contributed by atoms with Gasteiger partial charge in [-0.3, -0.25) is 19.5 Å². The molecule has 0 bridgehead atoms. The molecular formula is C22H22N4O5. The van der Waals surface area contributed by atoms with E-state index in [2.05, 4.69) is 15.6 Å². The molecule has 31 heavy (non-hydrogen) atoms. The van der Waals surface area contributed by atoms with Gasteiger partial charge in [0.2, 0.25) is 0 Å². The fourth-order valence-corrected chi connectivity index (χ4v) is 2.96. The largest absolute Gasteiger partial charge is 0.497 e. The molecule has 0 saturated heterocycles. The Hall–Kier alpha value is -4.14. The van der Waals surface area contributed by atoms with Crippen LogP contribution in [0.4, 0.5) is 0 Å². The van der Waals surface area contributed by atoms with E-state index < -0.39 is 17.4 Å². The van der Waals surface area contributed by atoms with E-state index in [1.807, 2.05) is 0 Å². The van der Waals surface area contributed by atoms with Gasteiger partial charge in [-0.05, 0) is 43.3 Å². The number of nitrogens with one attached hydrogen (secondary N) is 2. The average molecular weight is 422 g/mol. The van der Waals surface area contributed by atoms with Crippen LogP contribution in [0.5, 0.6) is 5.75 Å². The van der Waals surface area contributed by atoms with E-state index in [0.29, 0.717) is 22.7 Å². The van der Waals surface area contributed by atoms with Crippen LogP contribution in [-0.4, -0.2) is 41.6 Å². The second-order valence-electron chi connectivity index (χ2n) is 6.56. The van der Waals surface area contributed by atoms with Crippen molar-refractivity contribution in [2.75, 3.05) is 14.2 Å². The predicted molar refractivity (Wildman–Crippen MR) is 115 cm³/mol. The number of carbonyl (C=O) groups is 2. The molecule has 9 heteroatoms. The van der Waals surface area contributed by atoms with Crippen molar-refractivity contribution in [3.8, 4) is 11.4 Å². The molecule has 2 N–H and O–H groups in total. The normalized spacial score (nSPS) is 11.1. The average Bonchev–Trinajstić information content (AvgIpc) is 3.13. The molecular weight excluding hydrogens is 400 g/mol. The zero-order valence-electron chi connectivity index (χ0n) is 17.3. The first kappa shape index (κ1) is 21.6. The molecule has 2 aromatic carbocycles. The number of esters is 1. The number of H-pyrrole nitrogens is 1. The van der Waals surface area contributed by atoms with Gasteiger partial charge in [0.05, 0.1) is 43.3 Å². The lowest BCUT2D eigenvalue weighted by Crippen LogP contribution is -2.23. The smallest absolute Gasteiger partial charge is 0.311 e. The summed E-state index contributed by atoms with van der Waals surface area (Å²) in [6.07, 6.45) is -0.163. The Morgan fingerprint density at radius 2 is 1.74 bits per heavy atom. The Balaban J connectivity index is 1.98. The van der Waals surface area contributed by atoms with Gasteiger partial charge in [-0.2, -0.15) is 5.10 Å². The lowest BCUT2D eigenvalue weighted by Gasteiger charge is -2.03. The number of nitrogens with zero attached hydrogens (tertiary/aromatic N) is 2. The van der Waals surface area contributed by atoms with Crippen LogP contribution in [0.1, 0.15) is 28.5 Å². The van der Waals surface area contributed by atoms with Crippen LogP contribution in [-0.2, 0) is 16.0 Å². The van der Waals surface area contributed by atoms with Crippen molar-refractivity contribution in [3.63, 3.8) is 0 Å². The number of carbonyl (C=O) groups excluding carboxylic acids is 2. The third-order valence-corrected chi connectivity index (χ3v) is 4.57. The van der Waals surface area contributed by atoms with Crippen molar-refractivity contribution in [1.82, 2.24) is 15.2 Å². The molecule has 0 fully saturated rings. The molecule has 0 spiro atoms. The summed E-state index contributed by atoms with van der Waals surface area (Å²) in [5, 5.41) is 7.01. The monoisotopic (exact) mass is 422 g/mol. The minimum atomic E-state index is -0.523. The Labute approximate surface area is 178 Å². The summed E-state index contributed by atoms with van der Waals surface area (Å²) in [5.41, 5.74) is 3.74. The first-order chi connectivity index (χ1) is 14.9. The highest BCUT2D eigenvalue weighted by molar-refractivity contribution is 6.02. The van der Waals surface area contributed by atoms with Crippen molar-refractivity contribution in [2.24, 2.45) is 5.10 Å². The van der Waals surface area contributed by atoms with Crippen LogP contribution in [0.15, 0.2) is 64.5 Å². The number of methoxy groups -OCH3 is 2. The summed E-state index contributed by atoms with van der Waals surface area (Å²) in [5.74, 6) is -0.300. The van der Waals surface area contributed by atoms with Gasteiger partial charge >= 0.3 is 5.97 Å². The summed E-state index contributed by atoms with van der Waals surface area (Å²) in [4.78, 5) is 37.3. The summed E-state index contributed by atoms with van der Waals surface area (Å²) in [6.45, 7) is 1.58. The summed E-state index contributed by atoms with van der Waals surface area (Å²) >= 11 is 0. The first-order valence-electron chi connectivity index (χ1n) is 9.39. The van der Waals surface area contributed by atoms with Crippen LogP contribution in [0.25, 0.3) is 5.69 Å². The van der Waals surface area contributed by atoms with Gasteiger partial charge in [0.15, 0.2) is 0 Å². The van der Waals surface area contributed by atoms with E-state index in [1.165, 1.54) is 11.8 Å². The lowest BCUT2D eigenvalue weighted by molar-refractivity contribution is -0.139. The summed E-state index contributed by atoms with van der Waals surface area (Å²) in [6, 6.07) is 15.4. The number of hydrogen-bond acceptors (Lipinski definition) is 6. The molecule has 0 atom stereocenters. The molecule has 1 aromatic heterocycles. The van der Waals surface area contributed by atoms with E-state index in [4.69, 9.17) is 9.47 Å². The number of hydrogen-bond donors (Lipinski definition) is 2. The number of rotatable bonds is 7. The summed E-state index contributed by atoms with van der Waals surface area (Å²) < 4.78 is 11.2. The molecule has 3 aromatic rings. The second-order valence-corrected chi connectivity index (χ2v) is 6.56. The van der Waals surface area contributed by atoms with E-state index in [-0.39, 0.29) is 17.7 Å². The van der Waals surface area contributed by atoms with E-state index in [0.717, 1.165) is 0 Å². The van der Waals surface area contributed by atoms with Crippen LogP contribution >= 0.6 is 0 Å². The maximum Gasteiger partial charge on any atom is 0.311 e. The molecule has 0 unspecified atom stereocenters. The van der Waals surface area contributed by atoms with Crippen molar-refractivity contribution in [3.05, 3.63) is 81.8 Å². The molecule has 1 heterocycles. The van der Waals surface area contributed by atoms with Crippen molar-refractivity contribution < 1.29 is 19.1 Å². The highest BCUT2D eigenvalue weighted by Crippen LogP contribution is 2.15. The maximum absolute atomic E-state index is 13.1. The number of benzene rings is 2. The Kier molecular flexibility index (Phi) is 6.66. The second kappa shape index (κ2) is 9.57. The minimum Gasteiger partial charge on any atom is -0.497 e. The van der Waals surface area contributed by atoms with Gasteiger partial charge in [-0.15, -0.1) is 0 Å². The molecule has 3 rings (SSSR count).